The number of nitrogens with zero attached hydrogens (tertiary/aromatic N) is 1. The lowest BCUT2D eigenvalue weighted by molar-refractivity contribution is -0.122. The van der Waals surface area contributed by atoms with Crippen LogP contribution < -0.4 is 4.90 Å². The van der Waals surface area contributed by atoms with Crippen LogP contribution in [0, 0.1) is 0 Å². The topological polar surface area (TPSA) is 40.5 Å². The van der Waals surface area contributed by atoms with Gasteiger partial charge in [-0.2, -0.15) is 0 Å². The minimum atomic E-state index is -0.491. The average Bonchev–Trinajstić information content (AvgIpc) is 2.56. The van der Waals surface area contributed by atoms with Crippen LogP contribution >= 0.6 is 0 Å². The molecule has 1 aliphatic rings. The van der Waals surface area contributed by atoms with Crippen molar-refractivity contribution in [2.75, 3.05) is 11.4 Å². The summed E-state index contributed by atoms with van der Waals surface area (Å²) in [6.45, 7) is 8.52. The molecule has 0 fully saturated rings. The number of aliphatic hydroxyl groups is 1. The van der Waals surface area contributed by atoms with E-state index in [1.807, 2.05) is 50.8 Å². The first-order valence-electron chi connectivity index (χ1n) is 6.57. The van der Waals surface area contributed by atoms with Gasteiger partial charge in [-0.15, -0.1) is 0 Å². The fourth-order valence-electron chi connectivity index (χ4n) is 2.61. The quantitative estimate of drug-likeness (QED) is 0.892. The highest BCUT2D eigenvalue weighted by Crippen LogP contribution is 2.42. The molecular formula is C15H21NO2. The lowest BCUT2D eigenvalue weighted by atomic mass is 9.85. The number of carbonyl (C=O) groups is 1. The van der Waals surface area contributed by atoms with Gasteiger partial charge in [0.25, 0.3) is 0 Å². The molecule has 1 amide bonds. The fourth-order valence-corrected chi connectivity index (χ4v) is 2.61. The summed E-state index contributed by atoms with van der Waals surface area (Å²) in [4.78, 5) is 14.1. The van der Waals surface area contributed by atoms with E-state index < -0.39 is 11.5 Å². The molecule has 0 spiro atoms. The maximum absolute atomic E-state index is 12.3. The van der Waals surface area contributed by atoms with Gasteiger partial charge in [-0.25, -0.2) is 0 Å². The van der Waals surface area contributed by atoms with Crippen LogP contribution in [0.3, 0.4) is 0 Å². The number of likely N-dealkylation sites (N-methyl/N-ethyl adjacent to an activating group) is 1. The highest BCUT2D eigenvalue weighted by atomic mass is 16.3. The van der Waals surface area contributed by atoms with Crippen molar-refractivity contribution in [3.8, 4) is 0 Å². The van der Waals surface area contributed by atoms with E-state index in [9.17, 15) is 9.90 Å². The van der Waals surface area contributed by atoms with Crippen molar-refractivity contribution in [3.63, 3.8) is 0 Å². The second kappa shape index (κ2) is 4.39. The van der Waals surface area contributed by atoms with Crippen LogP contribution in [-0.4, -0.2) is 17.6 Å². The first kappa shape index (κ1) is 13.1. The molecule has 0 saturated heterocycles. The summed E-state index contributed by atoms with van der Waals surface area (Å²) >= 11 is 0. The largest absolute Gasteiger partial charge is 0.388 e. The normalized spacial score (nSPS) is 18.9. The van der Waals surface area contributed by atoms with Crippen molar-refractivity contribution >= 4 is 11.6 Å². The number of aliphatic hydroxyl groups excluding tert-OH is 1. The van der Waals surface area contributed by atoms with Gasteiger partial charge in [-0.05, 0) is 44.4 Å². The second-order valence-corrected chi connectivity index (χ2v) is 5.38. The van der Waals surface area contributed by atoms with Crippen LogP contribution in [0.1, 0.15) is 51.3 Å². The van der Waals surface area contributed by atoms with Gasteiger partial charge in [-0.3, -0.25) is 4.79 Å². The lowest BCUT2D eigenvalue weighted by Gasteiger charge is -2.18. The molecule has 98 valence electrons. The number of amides is 1. The minimum Gasteiger partial charge on any atom is -0.388 e. The summed E-state index contributed by atoms with van der Waals surface area (Å²) in [5.74, 6) is 0.142. The van der Waals surface area contributed by atoms with Crippen LogP contribution in [0.25, 0.3) is 0 Å². The molecule has 0 radical (unpaired) electrons. The van der Waals surface area contributed by atoms with Gasteiger partial charge in [0, 0.05) is 12.2 Å². The number of carbonyl (C=O) groups excluding carboxylic acids is 1. The van der Waals surface area contributed by atoms with Crippen molar-refractivity contribution in [1.82, 2.24) is 0 Å². The molecule has 3 nitrogen and oxygen atoms in total. The highest BCUT2D eigenvalue weighted by molar-refractivity contribution is 6.07. The Kier molecular flexibility index (Phi) is 3.20. The molecule has 1 aromatic rings. The molecule has 0 aromatic heterocycles. The van der Waals surface area contributed by atoms with Gasteiger partial charge in [0.15, 0.2) is 0 Å². The second-order valence-electron chi connectivity index (χ2n) is 5.38. The number of hydrogen-bond donors (Lipinski definition) is 1. The van der Waals surface area contributed by atoms with E-state index in [0.29, 0.717) is 13.0 Å². The third-order valence-electron chi connectivity index (χ3n) is 3.85. The molecular weight excluding hydrogens is 226 g/mol. The van der Waals surface area contributed by atoms with Gasteiger partial charge in [0.1, 0.15) is 0 Å². The Hall–Kier alpha value is -1.35. The SMILES string of the molecule is CCC(O)c1ccc2c(c1)C(C)(C)C(=O)N2CC. The van der Waals surface area contributed by atoms with Gasteiger partial charge in [0.05, 0.1) is 11.5 Å². The first-order valence-corrected chi connectivity index (χ1v) is 6.57. The molecule has 1 N–H and O–H groups in total. The van der Waals surface area contributed by atoms with Crippen molar-refractivity contribution in [3.05, 3.63) is 29.3 Å². The van der Waals surface area contributed by atoms with Crippen molar-refractivity contribution in [2.45, 2.75) is 45.6 Å². The monoisotopic (exact) mass is 247 g/mol. The Morgan fingerprint density at radius 3 is 2.56 bits per heavy atom. The number of rotatable bonds is 3. The van der Waals surface area contributed by atoms with E-state index >= 15 is 0 Å². The summed E-state index contributed by atoms with van der Waals surface area (Å²) < 4.78 is 0. The maximum atomic E-state index is 12.3. The standard InChI is InChI=1S/C15H21NO2/c1-5-13(17)10-7-8-12-11(9-10)15(3,4)14(18)16(12)6-2/h7-9,13,17H,5-6H2,1-4H3. The third-order valence-corrected chi connectivity index (χ3v) is 3.85. The zero-order chi connectivity index (χ0) is 13.5. The maximum Gasteiger partial charge on any atom is 0.237 e. The minimum absolute atomic E-state index is 0.142. The molecule has 1 aliphatic heterocycles. The molecule has 3 heteroatoms. The van der Waals surface area contributed by atoms with Gasteiger partial charge in [-0.1, -0.05) is 19.1 Å². The molecule has 0 bridgehead atoms. The summed E-state index contributed by atoms with van der Waals surface area (Å²) in [6, 6.07) is 5.86. The predicted octanol–water partition coefficient (Wildman–Crippen LogP) is 2.77. The number of benzene rings is 1. The molecule has 1 unspecified atom stereocenters. The molecule has 2 rings (SSSR count). The third kappa shape index (κ3) is 1.74. The van der Waals surface area contributed by atoms with Crippen LogP contribution in [0.2, 0.25) is 0 Å². The first-order chi connectivity index (χ1) is 8.43. The van der Waals surface area contributed by atoms with Crippen molar-refractivity contribution in [1.29, 1.82) is 0 Å². The van der Waals surface area contributed by atoms with Crippen LogP contribution in [-0.2, 0) is 10.2 Å². The smallest absolute Gasteiger partial charge is 0.237 e. The summed E-state index contributed by atoms with van der Waals surface area (Å²) in [5, 5.41) is 9.92. The van der Waals surface area contributed by atoms with E-state index in [1.54, 1.807) is 0 Å². The number of fused-ring (bicyclic) bond motifs is 1. The average molecular weight is 247 g/mol. The zero-order valence-electron chi connectivity index (χ0n) is 11.5. The Morgan fingerprint density at radius 1 is 1.33 bits per heavy atom. The number of anilines is 1. The molecule has 1 atom stereocenters. The van der Waals surface area contributed by atoms with Crippen LogP contribution in [0.4, 0.5) is 5.69 Å². The molecule has 1 heterocycles. The Bertz CT molecular complexity index is 479. The van der Waals surface area contributed by atoms with Crippen LogP contribution in [0.5, 0.6) is 0 Å². The molecule has 18 heavy (non-hydrogen) atoms. The fraction of sp³-hybridized carbons (Fsp3) is 0.533. The Morgan fingerprint density at radius 2 is 2.00 bits per heavy atom. The van der Waals surface area contributed by atoms with Gasteiger partial charge < -0.3 is 10.0 Å². The lowest BCUT2D eigenvalue weighted by Crippen LogP contribution is -2.35. The van der Waals surface area contributed by atoms with Gasteiger partial charge >= 0.3 is 0 Å². The summed E-state index contributed by atoms with van der Waals surface area (Å²) in [6.07, 6.45) is 0.238. The van der Waals surface area contributed by atoms with Crippen molar-refractivity contribution < 1.29 is 9.90 Å². The van der Waals surface area contributed by atoms with Crippen LogP contribution in [0.15, 0.2) is 18.2 Å². The van der Waals surface area contributed by atoms with E-state index in [4.69, 9.17) is 0 Å². The zero-order valence-corrected chi connectivity index (χ0v) is 11.5. The Labute approximate surface area is 108 Å². The van der Waals surface area contributed by atoms with E-state index in [-0.39, 0.29) is 5.91 Å². The molecule has 0 aliphatic carbocycles. The summed E-state index contributed by atoms with van der Waals surface area (Å²) in [7, 11) is 0. The van der Waals surface area contributed by atoms with E-state index in [0.717, 1.165) is 16.8 Å². The number of hydrogen-bond acceptors (Lipinski definition) is 2. The van der Waals surface area contributed by atoms with E-state index in [2.05, 4.69) is 0 Å². The molecule has 0 saturated carbocycles. The van der Waals surface area contributed by atoms with E-state index in [1.165, 1.54) is 0 Å². The summed E-state index contributed by atoms with van der Waals surface area (Å²) in [5.41, 5.74) is 2.42. The Balaban J connectivity index is 2.54. The highest BCUT2D eigenvalue weighted by Gasteiger charge is 2.43. The molecule has 1 aromatic carbocycles. The predicted molar refractivity (Wildman–Crippen MR) is 72.7 cm³/mol. The van der Waals surface area contributed by atoms with Gasteiger partial charge in [0.2, 0.25) is 5.91 Å². The van der Waals surface area contributed by atoms with Crippen molar-refractivity contribution in [2.24, 2.45) is 0 Å².